The van der Waals surface area contributed by atoms with Crippen LogP contribution < -0.4 is 5.32 Å². The summed E-state index contributed by atoms with van der Waals surface area (Å²) in [7, 11) is 0. The molecule has 0 amide bonds. The molecule has 0 aromatic heterocycles. The lowest BCUT2D eigenvalue weighted by Crippen LogP contribution is -2.61. The topological polar surface area (TPSA) is 21.3 Å². The molecule has 1 N–H and O–H groups in total. The quantitative estimate of drug-likeness (QED) is 0.847. The van der Waals surface area contributed by atoms with Crippen molar-refractivity contribution >= 4 is 0 Å². The Balaban J connectivity index is 2.02. The second-order valence-corrected chi connectivity index (χ2v) is 6.24. The standard InChI is InChI=1S/C17H26FNO/c1-5-14(12-8-7-9-13(18)10-12)19-15-11-16(20-6-2)17(15,3)4/h7-10,14-16,19H,5-6,11H2,1-4H3. The van der Waals surface area contributed by atoms with Gasteiger partial charge in [0.25, 0.3) is 0 Å². The van der Waals surface area contributed by atoms with E-state index in [4.69, 9.17) is 4.74 Å². The predicted octanol–water partition coefficient (Wildman–Crippen LogP) is 4.07. The van der Waals surface area contributed by atoms with Gasteiger partial charge in [0.15, 0.2) is 0 Å². The molecule has 1 saturated carbocycles. The predicted molar refractivity (Wildman–Crippen MR) is 80.2 cm³/mol. The van der Waals surface area contributed by atoms with Crippen LogP contribution in [-0.2, 0) is 4.74 Å². The number of hydrogen-bond donors (Lipinski definition) is 1. The van der Waals surface area contributed by atoms with Crippen LogP contribution in [-0.4, -0.2) is 18.8 Å². The van der Waals surface area contributed by atoms with Crippen molar-refractivity contribution in [3.63, 3.8) is 0 Å². The summed E-state index contributed by atoms with van der Waals surface area (Å²) in [5, 5.41) is 3.68. The minimum absolute atomic E-state index is 0.136. The number of hydrogen-bond acceptors (Lipinski definition) is 2. The van der Waals surface area contributed by atoms with E-state index in [0.29, 0.717) is 12.1 Å². The fraction of sp³-hybridized carbons (Fsp3) is 0.647. The highest BCUT2D eigenvalue weighted by Crippen LogP contribution is 2.43. The summed E-state index contributed by atoms with van der Waals surface area (Å²) < 4.78 is 19.1. The smallest absolute Gasteiger partial charge is 0.123 e. The largest absolute Gasteiger partial charge is 0.378 e. The molecule has 3 unspecified atom stereocenters. The maximum atomic E-state index is 13.4. The summed E-state index contributed by atoms with van der Waals surface area (Å²) in [5.41, 5.74) is 1.17. The van der Waals surface area contributed by atoms with Gasteiger partial charge in [-0.3, -0.25) is 0 Å². The zero-order chi connectivity index (χ0) is 14.8. The number of benzene rings is 1. The van der Waals surface area contributed by atoms with Crippen LogP contribution >= 0.6 is 0 Å². The lowest BCUT2D eigenvalue weighted by atomic mass is 9.64. The van der Waals surface area contributed by atoms with Crippen molar-refractivity contribution in [3.8, 4) is 0 Å². The molecule has 3 atom stereocenters. The molecule has 1 aromatic carbocycles. The number of nitrogens with one attached hydrogen (secondary N) is 1. The lowest BCUT2D eigenvalue weighted by molar-refractivity contribution is -0.116. The Morgan fingerprint density at radius 3 is 2.70 bits per heavy atom. The molecule has 1 aliphatic carbocycles. The Bertz CT molecular complexity index is 446. The molecule has 112 valence electrons. The van der Waals surface area contributed by atoms with Crippen LogP contribution in [0.2, 0.25) is 0 Å². The van der Waals surface area contributed by atoms with Gasteiger partial charge >= 0.3 is 0 Å². The van der Waals surface area contributed by atoms with Gasteiger partial charge in [-0.1, -0.05) is 32.9 Å². The molecule has 1 aromatic rings. The Morgan fingerprint density at radius 2 is 2.15 bits per heavy atom. The summed E-state index contributed by atoms with van der Waals surface area (Å²) >= 11 is 0. The highest BCUT2D eigenvalue weighted by molar-refractivity contribution is 5.21. The average molecular weight is 279 g/mol. The van der Waals surface area contributed by atoms with Gasteiger partial charge < -0.3 is 10.1 Å². The van der Waals surface area contributed by atoms with Gasteiger partial charge in [0.2, 0.25) is 0 Å². The Labute approximate surface area is 121 Å². The molecule has 0 spiro atoms. The number of halogens is 1. The Hall–Kier alpha value is -0.930. The van der Waals surface area contributed by atoms with E-state index in [1.807, 2.05) is 13.0 Å². The van der Waals surface area contributed by atoms with E-state index in [9.17, 15) is 4.39 Å². The first-order valence-electron chi connectivity index (χ1n) is 7.62. The molecule has 0 heterocycles. The van der Waals surface area contributed by atoms with Crippen molar-refractivity contribution in [1.29, 1.82) is 0 Å². The van der Waals surface area contributed by atoms with E-state index < -0.39 is 0 Å². The maximum Gasteiger partial charge on any atom is 0.123 e. The molecule has 0 aliphatic heterocycles. The molecule has 2 rings (SSSR count). The first-order chi connectivity index (χ1) is 9.48. The van der Waals surface area contributed by atoms with Gasteiger partial charge in [-0.05, 0) is 37.5 Å². The Kier molecular flexibility index (Phi) is 4.82. The highest BCUT2D eigenvalue weighted by Gasteiger charge is 2.49. The maximum absolute atomic E-state index is 13.4. The lowest BCUT2D eigenvalue weighted by Gasteiger charge is -2.53. The minimum atomic E-state index is -0.164. The average Bonchev–Trinajstić information content (AvgIpc) is 2.42. The minimum Gasteiger partial charge on any atom is -0.378 e. The summed E-state index contributed by atoms with van der Waals surface area (Å²) in [6, 6.07) is 7.53. The van der Waals surface area contributed by atoms with E-state index >= 15 is 0 Å². The molecule has 1 fully saturated rings. The van der Waals surface area contributed by atoms with E-state index in [-0.39, 0.29) is 17.3 Å². The van der Waals surface area contributed by atoms with Crippen molar-refractivity contribution in [2.45, 2.75) is 58.7 Å². The normalized spacial score (nSPS) is 26.1. The van der Waals surface area contributed by atoms with Gasteiger partial charge in [0.1, 0.15) is 5.82 Å². The summed E-state index contributed by atoms with van der Waals surface area (Å²) in [5.74, 6) is -0.164. The third-order valence-electron chi connectivity index (χ3n) is 4.61. The molecule has 2 nitrogen and oxygen atoms in total. The van der Waals surface area contributed by atoms with Crippen LogP contribution in [0.1, 0.15) is 52.1 Å². The van der Waals surface area contributed by atoms with E-state index in [2.05, 4.69) is 26.1 Å². The summed E-state index contributed by atoms with van der Waals surface area (Å²) in [4.78, 5) is 0. The molecule has 0 radical (unpaired) electrons. The zero-order valence-electron chi connectivity index (χ0n) is 12.9. The van der Waals surface area contributed by atoms with E-state index in [1.54, 1.807) is 12.1 Å². The van der Waals surface area contributed by atoms with Gasteiger partial charge in [-0.15, -0.1) is 0 Å². The van der Waals surface area contributed by atoms with E-state index in [0.717, 1.165) is 25.0 Å². The molecule has 0 bridgehead atoms. The van der Waals surface area contributed by atoms with Gasteiger partial charge in [-0.25, -0.2) is 4.39 Å². The third kappa shape index (κ3) is 3.04. The number of rotatable bonds is 6. The SMILES string of the molecule is CCOC1CC(NC(CC)c2cccc(F)c2)C1(C)C. The molecular weight excluding hydrogens is 253 g/mol. The van der Waals surface area contributed by atoms with Crippen molar-refractivity contribution in [1.82, 2.24) is 5.32 Å². The molecule has 20 heavy (non-hydrogen) atoms. The van der Waals surface area contributed by atoms with Crippen LogP contribution in [0, 0.1) is 11.2 Å². The van der Waals surface area contributed by atoms with Gasteiger partial charge in [0, 0.05) is 24.1 Å². The molecule has 0 saturated heterocycles. The van der Waals surface area contributed by atoms with Crippen LogP contribution in [0.3, 0.4) is 0 Å². The second kappa shape index (κ2) is 6.23. The first-order valence-corrected chi connectivity index (χ1v) is 7.62. The molecule has 1 aliphatic rings. The van der Waals surface area contributed by atoms with Crippen molar-refractivity contribution < 1.29 is 9.13 Å². The highest BCUT2D eigenvalue weighted by atomic mass is 19.1. The fourth-order valence-electron chi connectivity index (χ4n) is 3.07. The van der Waals surface area contributed by atoms with Crippen molar-refractivity contribution in [2.24, 2.45) is 5.41 Å². The monoisotopic (exact) mass is 279 g/mol. The fourth-order valence-corrected chi connectivity index (χ4v) is 3.07. The zero-order valence-corrected chi connectivity index (χ0v) is 12.9. The van der Waals surface area contributed by atoms with Crippen LogP contribution in [0.4, 0.5) is 4.39 Å². The molecular formula is C17H26FNO. The van der Waals surface area contributed by atoms with Crippen LogP contribution in [0.25, 0.3) is 0 Å². The summed E-state index contributed by atoms with van der Waals surface area (Å²) in [6.45, 7) is 9.42. The van der Waals surface area contributed by atoms with Gasteiger partial charge in [-0.2, -0.15) is 0 Å². The van der Waals surface area contributed by atoms with Crippen LogP contribution in [0.5, 0.6) is 0 Å². The summed E-state index contributed by atoms with van der Waals surface area (Å²) in [6.07, 6.45) is 2.32. The van der Waals surface area contributed by atoms with Crippen molar-refractivity contribution in [3.05, 3.63) is 35.6 Å². The first kappa shape index (κ1) is 15.5. The Morgan fingerprint density at radius 1 is 1.40 bits per heavy atom. The van der Waals surface area contributed by atoms with Crippen LogP contribution in [0.15, 0.2) is 24.3 Å². The second-order valence-electron chi connectivity index (χ2n) is 6.24. The third-order valence-corrected chi connectivity index (χ3v) is 4.61. The van der Waals surface area contributed by atoms with Crippen molar-refractivity contribution in [2.75, 3.05) is 6.61 Å². The molecule has 3 heteroatoms. The van der Waals surface area contributed by atoms with Gasteiger partial charge in [0.05, 0.1) is 6.10 Å². The number of ether oxygens (including phenoxy) is 1. The van der Waals surface area contributed by atoms with E-state index in [1.165, 1.54) is 6.07 Å².